The molecule has 0 aromatic carbocycles. The van der Waals surface area contributed by atoms with Crippen LogP contribution in [0.2, 0.25) is 0 Å². The Bertz CT molecular complexity index is 326. The Morgan fingerprint density at radius 1 is 0.889 bits per heavy atom. The first kappa shape index (κ1) is 17.6. The van der Waals surface area contributed by atoms with Crippen molar-refractivity contribution in [3.05, 3.63) is 43.8 Å². The van der Waals surface area contributed by atoms with E-state index in [1.807, 2.05) is 0 Å². The third-order valence-electron chi connectivity index (χ3n) is 1.16. The molecule has 0 radical (unpaired) electrons. The van der Waals surface area contributed by atoms with Crippen LogP contribution in [0.5, 0.6) is 0 Å². The Kier molecular flexibility index (Phi) is 13.8. The topological polar surface area (TPSA) is 134 Å². The van der Waals surface area contributed by atoms with Crippen LogP contribution in [0.15, 0.2) is 43.8 Å². The van der Waals surface area contributed by atoms with Crippen molar-refractivity contribution in [3.8, 4) is 0 Å². The van der Waals surface area contributed by atoms with E-state index in [4.69, 9.17) is 21.6 Å². The van der Waals surface area contributed by atoms with Crippen molar-refractivity contribution < 1.29 is 0 Å². The number of hydrogen-bond donors (Lipinski definition) is 4. The molecule has 0 unspecified atom stereocenters. The molecule has 0 atom stereocenters. The van der Waals surface area contributed by atoms with E-state index in [9.17, 15) is 0 Å². The number of rotatable bonds is 4. The van der Waals surface area contributed by atoms with Gasteiger partial charge in [-0.2, -0.15) is 0 Å². The zero-order valence-corrected chi connectivity index (χ0v) is 9.80. The van der Waals surface area contributed by atoms with E-state index in [-0.39, 0.29) is 11.4 Å². The second-order valence-electron chi connectivity index (χ2n) is 2.42. The van der Waals surface area contributed by atoms with Gasteiger partial charge in [-0.15, -0.1) is 10.2 Å². The van der Waals surface area contributed by atoms with Crippen molar-refractivity contribution in [2.45, 2.75) is 0 Å². The predicted molar refractivity (Wildman–Crippen MR) is 73.2 cm³/mol. The maximum absolute atomic E-state index is 6.62. The number of allylic oxidation sites excluding steroid dienone is 2. The highest BCUT2D eigenvalue weighted by Gasteiger charge is 1.71. The zero-order chi connectivity index (χ0) is 14.2. The normalized spacial score (nSPS) is 7.11. The van der Waals surface area contributed by atoms with Gasteiger partial charge in [0.2, 0.25) is 0 Å². The molecule has 0 amide bonds. The molecule has 1 heterocycles. The van der Waals surface area contributed by atoms with Crippen molar-refractivity contribution in [2.24, 2.45) is 0 Å². The summed E-state index contributed by atoms with van der Waals surface area (Å²) in [5.74, 6) is 0. The van der Waals surface area contributed by atoms with Crippen LogP contribution >= 0.6 is 0 Å². The average molecular weight is 245 g/mol. The van der Waals surface area contributed by atoms with Gasteiger partial charge in [-0.1, -0.05) is 13.2 Å². The Labute approximate surface area is 105 Å². The first-order valence-corrected chi connectivity index (χ1v) is 4.63. The quantitative estimate of drug-likeness (QED) is 0.599. The third-order valence-corrected chi connectivity index (χ3v) is 1.16. The van der Waals surface area contributed by atoms with Crippen molar-refractivity contribution in [3.63, 3.8) is 0 Å². The third kappa shape index (κ3) is 15.6. The van der Waals surface area contributed by atoms with Gasteiger partial charge in [-0.25, -0.2) is 0 Å². The monoisotopic (exact) mass is 245 g/mol. The zero-order valence-electron chi connectivity index (χ0n) is 9.80. The molecule has 1 aromatic rings. The lowest BCUT2D eigenvalue weighted by Gasteiger charge is -1.72. The SMILES string of the molecule is C=CC(=N)C=N.C=CC(=N)C=N.c1cnnnc1. The molecule has 7 nitrogen and oxygen atoms in total. The molecule has 0 aliphatic rings. The second kappa shape index (κ2) is 14.2. The Morgan fingerprint density at radius 2 is 1.28 bits per heavy atom. The fourth-order valence-corrected chi connectivity index (χ4v) is 0.323. The fraction of sp³-hybridized carbons (Fsp3) is 0. The summed E-state index contributed by atoms with van der Waals surface area (Å²) >= 11 is 0. The number of hydrogen-bond acceptors (Lipinski definition) is 7. The van der Waals surface area contributed by atoms with E-state index in [1.165, 1.54) is 12.2 Å². The maximum Gasteiger partial charge on any atom is 0.0709 e. The van der Waals surface area contributed by atoms with Gasteiger partial charge < -0.3 is 10.8 Å². The standard InChI is InChI=1S/2C4H6N2.C3H3N3/c2*1-2-4(6)3-5;1-2-4-6-5-3-1/h2*2-3,5-6H,1H2;1-3H. The summed E-state index contributed by atoms with van der Waals surface area (Å²) in [6.07, 6.45) is 7.65. The van der Waals surface area contributed by atoms with Gasteiger partial charge in [-0.05, 0) is 23.4 Å². The highest BCUT2D eigenvalue weighted by atomic mass is 15.3. The van der Waals surface area contributed by atoms with Gasteiger partial charge in [0.25, 0.3) is 0 Å². The molecule has 1 aromatic heterocycles. The van der Waals surface area contributed by atoms with E-state index >= 15 is 0 Å². The summed E-state index contributed by atoms with van der Waals surface area (Å²) in [5, 5.41) is 36.2. The smallest absolute Gasteiger partial charge is 0.0709 e. The molecule has 1 rings (SSSR count). The van der Waals surface area contributed by atoms with Gasteiger partial charge in [0.1, 0.15) is 0 Å². The second-order valence-corrected chi connectivity index (χ2v) is 2.42. The van der Waals surface area contributed by atoms with E-state index in [1.54, 1.807) is 18.5 Å². The molecule has 4 N–H and O–H groups in total. The number of aromatic nitrogens is 3. The Morgan fingerprint density at radius 3 is 1.33 bits per heavy atom. The van der Waals surface area contributed by atoms with Crippen molar-refractivity contribution in [2.75, 3.05) is 0 Å². The highest BCUT2D eigenvalue weighted by molar-refractivity contribution is 6.33. The summed E-state index contributed by atoms with van der Waals surface area (Å²) in [4.78, 5) is 0. The molecule has 94 valence electrons. The minimum atomic E-state index is 0.148. The first-order valence-electron chi connectivity index (χ1n) is 4.63. The minimum absolute atomic E-state index is 0.148. The lowest BCUT2D eigenvalue weighted by atomic mass is 10.4. The van der Waals surface area contributed by atoms with Crippen LogP contribution in [0.4, 0.5) is 0 Å². The van der Waals surface area contributed by atoms with Crippen molar-refractivity contribution in [1.29, 1.82) is 21.6 Å². The van der Waals surface area contributed by atoms with E-state index in [0.717, 1.165) is 12.4 Å². The Balaban J connectivity index is 0. The lowest BCUT2D eigenvalue weighted by Crippen LogP contribution is -1.86. The molecule has 0 saturated heterocycles. The van der Waals surface area contributed by atoms with E-state index < -0.39 is 0 Å². The van der Waals surface area contributed by atoms with Gasteiger partial charge in [0.05, 0.1) is 23.8 Å². The van der Waals surface area contributed by atoms with Crippen LogP contribution in [0, 0.1) is 21.6 Å². The minimum Gasteiger partial charge on any atom is -0.307 e. The highest BCUT2D eigenvalue weighted by Crippen LogP contribution is 1.62. The molecular weight excluding hydrogens is 230 g/mol. The molecule has 18 heavy (non-hydrogen) atoms. The molecule has 7 heteroatoms. The van der Waals surface area contributed by atoms with Crippen LogP contribution in [-0.2, 0) is 0 Å². The van der Waals surface area contributed by atoms with Crippen LogP contribution < -0.4 is 0 Å². The average Bonchev–Trinajstić information content (AvgIpc) is 2.48. The molecule has 0 fully saturated rings. The maximum atomic E-state index is 6.62. The van der Waals surface area contributed by atoms with Crippen LogP contribution in [-0.4, -0.2) is 39.3 Å². The summed E-state index contributed by atoms with van der Waals surface area (Å²) in [6.45, 7) is 6.51. The van der Waals surface area contributed by atoms with Crippen LogP contribution in [0.1, 0.15) is 0 Å². The molecule has 0 saturated carbocycles. The van der Waals surface area contributed by atoms with E-state index in [2.05, 4.69) is 28.6 Å². The Hall–Kier alpha value is -2.83. The van der Waals surface area contributed by atoms with Gasteiger partial charge in [0, 0.05) is 12.4 Å². The van der Waals surface area contributed by atoms with E-state index in [0.29, 0.717) is 0 Å². The van der Waals surface area contributed by atoms with Gasteiger partial charge in [0.15, 0.2) is 0 Å². The molecule has 0 aliphatic heterocycles. The summed E-state index contributed by atoms with van der Waals surface area (Å²) in [5.41, 5.74) is 0.296. The largest absolute Gasteiger partial charge is 0.307 e. The van der Waals surface area contributed by atoms with Crippen LogP contribution in [0.25, 0.3) is 0 Å². The molecule has 0 bridgehead atoms. The van der Waals surface area contributed by atoms with Crippen molar-refractivity contribution >= 4 is 23.9 Å². The predicted octanol–water partition coefficient (Wildman–Crippen LogP) is 1.56. The molecular formula is C11H15N7. The summed E-state index contributed by atoms with van der Waals surface area (Å²) < 4.78 is 0. The number of nitrogens with zero attached hydrogens (tertiary/aromatic N) is 3. The number of nitrogens with one attached hydrogen (secondary N) is 4. The van der Waals surface area contributed by atoms with Gasteiger partial charge >= 0.3 is 0 Å². The molecule has 0 spiro atoms. The van der Waals surface area contributed by atoms with Gasteiger partial charge in [-0.3, -0.25) is 10.8 Å². The summed E-state index contributed by atoms with van der Waals surface area (Å²) in [6, 6.07) is 1.72. The first-order chi connectivity index (χ1) is 8.62. The van der Waals surface area contributed by atoms with Crippen LogP contribution in [0.3, 0.4) is 0 Å². The summed E-state index contributed by atoms with van der Waals surface area (Å²) in [7, 11) is 0. The molecule has 0 aliphatic carbocycles. The lowest BCUT2D eigenvalue weighted by molar-refractivity contribution is 0.865. The van der Waals surface area contributed by atoms with Crippen molar-refractivity contribution in [1.82, 2.24) is 15.4 Å². The fourth-order valence-electron chi connectivity index (χ4n) is 0.323.